The highest BCUT2D eigenvalue weighted by atomic mass is 15.1. The van der Waals surface area contributed by atoms with Gasteiger partial charge in [0.05, 0.1) is 0 Å². The molecule has 26 heavy (non-hydrogen) atoms. The Morgan fingerprint density at radius 2 is 1.46 bits per heavy atom. The molecule has 0 saturated carbocycles. The van der Waals surface area contributed by atoms with E-state index >= 15 is 0 Å². The number of hydrogen-bond acceptors (Lipinski definition) is 3. The Hall–Kier alpha value is -2.52. The van der Waals surface area contributed by atoms with Crippen molar-refractivity contribution in [3.63, 3.8) is 0 Å². The zero-order valence-electron chi connectivity index (χ0n) is 15.4. The molecule has 3 aromatic rings. The molecule has 2 aromatic carbocycles. The minimum atomic E-state index is 0.808. The fraction of sp³-hybridized carbons (Fsp3) is 0.304. The van der Waals surface area contributed by atoms with E-state index in [-0.39, 0.29) is 0 Å². The number of benzene rings is 2. The van der Waals surface area contributed by atoms with E-state index in [2.05, 4.69) is 66.4 Å². The molecule has 0 unspecified atom stereocenters. The first-order valence-corrected chi connectivity index (χ1v) is 9.43. The third kappa shape index (κ3) is 4.00. The van der Waals surface area contributed by atoms with E-state index in [4.69, 9.17) is 9.97 Å². The van der Waals surface area contributed by atoms with Crippen molar-refractivity contribution in [1.29, 1.82) is 0 Å². The maximum atomic E-state index is 4.93. The van der Waals surface area contributed by atoms with E-state index in [0.717, 1.165) is 50.4 Å². The van der Waals surface area contributed by atoms with Gasteiger partial charge in [0.15, 0.2) is 0 Å². The second kappa shape index (κ2) is 7.79. The van der Waals surface area contributed by atoms with Crippen LogP contribution in [0, 0.1) is 6.92 Å². The van der Waals surface area contributed by atoms with Crippen LogP contribution in [0.1, 0.15) is 33.9 Å². The molecule has 0 N–H and O–H groups in total. The van der Waals surface area contributed by atoms with Crippen LogP contribution >= 0.6 is 0 Å². The second-order valence-corrected chi connectivity index (χ2v) is 7.07. The molecule has 132 valence electrons. The highest BCUT2D eigenvalue weighted by Gasteiger charge is 2.18. The Morgan fingerprint density at radius 3 is 2.19 bits per heavy atom. The van der Waals surface area contributed by atoms with Crippen LogP contribution in [0.3, 0.4) is 0 Å². The quantitative estimate of drug-likeness (QED) is 0.717. The molecule has 0 atom stereocenters. The Bertz CT molecular complexity index is 859. The lowest BCUT2D eigenvalue weighted by molar-refractivity contribution is 0.279. The van der Waals surface area contributed by atoms with Crippen LogP contribution < -0.4 is 0 Å². The van der Waals surface area contributed by atoms with Gasteiger partial charge in [-0.1, -0.05) is 60.7 Å². The van der Waals surface area contributed by atoms with Gasteiger partial charge in [-0.2, -0.15) is 0 Å². The number of hydrogen-bond donors (Lipinski definition) is 0. The topological polar surface area (TPSA) is 29.0 Å². The summed E-state index contributed by atoms with van der Waals surface area (Å²) in [4.78, 5) is 12.3. The van der Waals surface area contributed by atoms with E-state index < -0.39 is 0 Å². The van der Waals surface area contributed by atoms with E-state index in [1.165, 1.54) is 22.4 Å². The minimum Gasteiger partial charge on any atom is -0.298 e. The Labute approximate surface area is 155 Å². The van der Waals surface area contributed by atoms with Gasteiger partial charge in [-0.3, -0.25) is 4.90 Å². The lowest BCUT2D eigenvalue weighted by Gasteiger charge is -2.19. The van der Waals surface area contributed by atoms with E-state index in [1.807, 2.05) is 6.07 Å². The number of aromatic nitrogens is 2. The summed E-state index contributed by atoms with van der Waals surface area (Å²) in [6.07, 6.45) is 2.86. The van der Waals surface area contributed by atoms with Crippen molar-refractivity contribution in [1.82, 2.24) is 14.9 Å². The van der Waals surface area contributed by atoms with Gasteiger partial charge in [-0.25, -0.2) is 9.97 Å². The summed E-state index contributed by atoms with van der Waals surface area (Å²) in [7, 11) is 0. The van der Waals surface area contributed by atoms with Crippen molar-refractivity contribution in [3.8, 4) is 0 Å². The number of aryl methyl sites for hydroxylation is 1. The normalized spacial score (nSPS) is 14.7. The summed E-state index contributed by atoms with van der Waals surface area (Å²) in [6.45, 7) is 5.29. The minimum absolute atomic E-state index is 0.808. The molecule has 1 aromatic heterocycles. The maximum Gasteiger partial charge on any atom is 0.133 e. The predicted octanol–water partition coefficient (Wildman–Crippen LogP) is 3.98. The Balaban J connectivity index is 1.50. The molecule has 1 aliphatic rings. The molecule has 0 amide bonds. The molecule has 2 heterocycles. The molecule has 3 heteroatoms. The van der Waals surface area contributed by atoms with Gasteiger partial charge in [-0.15, -0.1) is 0 Å². The second-order valence-electron chi connectivity index (χ2n) is 7.07. The summed E-state index contributed by atoms with van der Waals surface area (Å²) < 4.78 is 0. The lowest BCUT2D eigenvalue weighted by atomic mass is 10.1. The molecule has 0 aliphatic carbocycles. The predicted molar refractivity (Wildman–Crippen MR) is 105 cm³/mol. The molecular formula is C23H25N3. The number of nitrogens with zero attached hydrogens (tertiary/aromatic N) is 3. The van der Waals surface area contributed by atoms with Crippen LogP contribution in [-0.2, 0) is 25.8 Å². The number of rotatable bonds is 4. The standard InChI is InChI=1S/C23H25N3/c1-18-21-12-14-26(17-20-10-6-3-7-11-20)15-13-22(21)25-23(24-18)16-19-8-4-2-5-9-19/h2-11H,12-17H2,1H3. The van der Waals surface area contributed by atoms with Gasteiger partial charge >= 0.3 is 0 Å². The number of fused-ring (bicyclic) bond motifs is 1. The van der Waals surface area contributed by atoms with Gasteiger partial charge < -0.3 is 0 Å². The zero-order chi connectivity index (χ0) is 17.8. The third-order valence-corrected chi connectivity index (χ3v) is 5.14. The molecule has 1 aliphatic heterocycles. The third-order valence-electron chi connectivity index (χ3n) is 5.14. The Kier molecular flexibility index (Phi) is 5.07. The molecule has 0 radical (unpaired) electrons. The van der Waals surface area contributed by atoms with Gasteiger partial charge in [0, 0.05) is 43.9 Å². The van der Waals surface area contributed by atoms with E-state index in [1.54, 1.807) is 0 Å². The lowest BCUT2D eigenvalue weighted by Crippen LogP contribution is -2.25. The summed E-state index contributed by atoms with van der Waals surface area (Å²) in [6, 6.07) is 21.2. The van der Waals surface area contributed by atoms with Crippen molar-refractivity contribution in [2.75, 3.05) is 13.1 Å². The van der Waals surface area contributed by atoms with Gasteiger partial charge in [0.2, 0.25) is 0 Å². The molecule has 4 rings (SSSR count). The van der Waals surface area contributed by atoms with Crippen molar-refractivity contribution in [2.24, 2.45) is 0 Å². The molecule has 0 spiro atoms. The van der Waals surface area contributed by atoms with Crippen LogP contribution in [0.4, 0.5) is 0 Å². The molecule has 0 fully saturated rings. The van der Waals surface area contributed by atoms with Gasteiger partial charge in [0.1, 0.15) is 5.82 Å². The van der Waals surface area contributed by atoms with Crippen LogP contribution in [0.15, 0.2) is 60.7 Å². The first kappa shape index (κ1) is 16.9. The highest BCUT2D eigenvalue weighted by molar-refractivity contribution is 5.29. The summed E-state index contributed by atoms with van der Waals surface area (Å²) >= 11 is 0. The van der Waals surface area contributed by atoms with Crippen LogP contribution in [-0.4, -0.2) is 28.0 Å². The van der Waals surface area contributed by atoms with Crippen molar-refractivity contribution >= 4 is 0 Å². The average Bonchev–Trinajstić information content (AvgIpc) is 2.86. The largest absolute Gasteiger partial charge is 0.298 e. The Morgan fingerprint density at radius 1 is 0.808 bits per heavy atom. The van der Waals surface area contributed by atoms with Crippen molar-refractivity contribution in [2.45, 2.75) is 32.7 Å². The van der Waals surface area contributed by atoms with Crippen LogP contribution in [0.2, 0.25) is 0 Å². The first-order chi connectivity index (χ1) is 12.8. The SMILES string of the molecule is Cc1nc(Cc2ccccc2)nc2c1CCN(Cc1ccccc1)CC2. The smallest absolute Gasteiger partial charge is 0.133 e. The van der Waals surface area contributed by atoms with Crippen molar-refractivity contribution in [3.05, 3.63) is 94.6 Å². The maximum absolute atomic E-state index is 4.93. The van der Waals surface area contributed by atoms with Crippen LogP contribution in [0.5, 0.6) is 0 Å². The highest BCUT2D eigenvalue weighted by Crippen LogP contribution is 2.19. The van der Waals surface area contributed by atoms with Gasteiger partial charge in [-0.05, 0) is 30.0 Å². The summed E-state index contributed by atoms with van der Waals surface area (Å²) in [5.41, 5.74) is 6.41. The molecule has 3 nitrogen and oxygen atoms in total. The first-order valence-electron chi connectivity index (χ1n) is 9.43. The molecule has 0 saturated heterocycles. The van der Waals surface area contributed by atoms with E-state index in [0.29, 0.717) is 0 Å². The molecule has 0 bridgehead atoms. The van der Waals surface area contributed by atoms with Crippen molar-refractivity contribution < 1.29 is 0 Å². The van der Waals surface area contributed by atoms with E-state index in [9.17, 15) is 0 Å². The van der Waals surface area contributed by atoms with Gasteiger partial charge in [0.25, 0.3) is 0 Å². The monoisotopic (exact) mass is 343 g/mol. The fourth-order valence-electron chi connectivity index (χ4n) is 3.75. The summed E-state index contributed by atoms with van der Waals surface area (Å²) in [5, 5.41) is 0. The van der Waals surface area contributed by atoms with Crippen LogP contribution in [0.25, 0.3) is 0 Å². The summed E-state index contributed by atoms with van der Waals surface area (Å²) in [5.74, 6) is 0.948. The average molecular weight is 343 g/mol. The fourth-order valence-corrected chi connectivity index (χ4v) is 3.75. The zero-order valence-corrected chi connectivity index (χ0v) is 15.4. The molecular weight excluding hydrogens is 318 g/mol.